The van der Waals surface area contributed by atoms with Crippen molar-refractivity contribution >= 4 is 17.6 Å². The molecule has 2 N–H and O–H groups in total. The first-order chi connectivity index (χ1) is 12.9. The first-order valence-corrected chi connectivity index (χ1v) is 7.83. The normalized spacial score (nSPS) is 11.4. The average Bonchev–Trinajstić information content (AvgIpc) is 2.67. The van der Waals surface area contributed by atoms with Gasteiger partial charge in [0.1, 0.15) is 17.4 Å². The highest BCUT2D eigenvalue weighted by Crippen LogP contribution is 2.34. The van der Waals surface area contributed by atoms with Crippen LogP contribution < -0.4 is 10.5 Å². The Hall–Kier alpha value is -3.46. The Morgan fingerprint density at radius 1 is 1.11 bits per heavy atom. The highest BCUT2D eigenvalue weighted by Gasteiger charge is 2.22. The Morgan fingerprint density at radius 2 is 1.81 bits per heavy atom. The molecule has 142 valence electrons. The maximum Gasteiger partial charge on any atom is 0.341 e. The Balaban J connectivity index is 2.35. The molecule has 2 aromatic rings. The second-order valence-electron chi connectivity index (χ2n) is 5.48. The van der Waals surface area contributed by atoms with Gasteiger partial charge in [-0.25, -0.2) is 4.79 Å². The van der Waals surface area contributed by atoms with Gasteiger partial charge in [-0.05, 0) is 30.2 Å². The van der Waals surface area contributed by atoms with E-state index in [1.807, 2.05) is 0 Å². The number of esters is 2. The number of ether oxygens (including phenoxy) is 3. The lowest BCUT2D eigenvalue weighted by Crippen LogP contribution is -2.33. The van der Waals surface area contributed by atoms with E-state index in [4.69, 9.17) is 10.5 Å². The largest absolute Gasteiger partial charge is 0.468 e. The molecule has 0 spiro atoms. The average molecular weight is 374 g/mol. The van der Waals surface area contributed by atoms with Crippen molar-refractivity contribution in [2.45, 2.75) is 12.5 Å². The van der Waals surface area contributed by atoms with Gasteiger partial charge in [-0.3, -0.25) is 14.9 Å². The lowest BCUT2D eigenvalue weighted by Gasteiger charge is -2.12. The predicted molar refractivity (Wildman–Crippen MR) is 94.6 cm³/mol. The molecule has 1 unspecified atom stereocenters. The lowest BCUT2D eigenvalue weighted by molar-refractivity contribution is -0.385. The summed E-state index contributed by atoms with van der Waals surface area (Å²) in [5, 5.41) is 11.4. The Labute approximate surface area is 154 Å². The maximum absolute atomic E-state index is 11.8. The topological polar surface area (TPSA) is 131 Å². The molecule has 9 heteroatoms. The summed E-state index contributed by atoms with van der Waals surface area (Å²) in [6.45, 7) is 0. The molecule has 0 heterocycles. The summed E-state index contributed by atoms with van der Waals surface area (Å²) >= 11 is 0. The SMILES string of the molecule is COC(=O)c1ccccc1Oc1ccc(CC(N)C(=O)OC)cc1[N+](=O)[O-]. The van der Waals surface area contributed by atoms with E-state index in [9.17, 15) is 19.7 Å². The van der Waals surface area contributed by atoms with E-state index >= 15 is 0 Å². The van der Waals surface area contributed by atoms with Gasteiger partial charge in [-0.1, -0.05) is 18.2 Å². The first-order valence-electron chi connectivity index (χ1n) is 7.83. The maximum atomic E-state index is 11.8. The summed E-state index contributed by atoms with van der Waals surface area (Å²) in [6.07, 6.45) is 0.0620. The van der Waals surface area contributed by atoms with Gasteiger partial charge in [0, 0.05) is 6.07 Å². The van der Waals surface area contributed by atoms with Gasteiger partial charge in [0.2, 0.25) is 5.75 Å². The van der Waals surface area contributed by atoms with Crippen LogP contribution >= 0.6 is 0 Å². The molecule has 0 amide bonds. The van der Waals surface area contributed by atoms with Crippen molar-refractivity contribution in [2.75, 3.05) is 14.2 Å². The van der Waals surface area contributed by atoms with Crippen molar-refractivity contribution in [1.82, 2.24) is 0 Å². The summed E-state index contributed by atoms with van der Waals surface area (Å²) in [5.41, 5.74) is 5.96. The number of hydrogen-bond donors (Lipinski definition) is 1. The zero-order valence-corrected chi connectivity index (χ0v) is 14.7. The van der Waals surface area contributed by atoms with E-state index in [-0.39, 0.29) is 29.2 Å². The van der Waals surface area contributed by atoms with Crippen LogP contribution in [0.4, 0.5) is 5.69 Å². The van der Waals surface area contributed by atoms with Crippen LogP contribution in [0, 0.1) is 10.1 Å². The van der Waals surface area contributed by atoms with E-state index in [0.717, 1.165) is 0 Å². The summed E-state index contributed by atoms with van der Waals surface area (Å²) in [4.78, 5) is 34.0. The molecule has 0 aliphatic carbocycles. The standard InChI is InChI=1S/C18H18N2O7/c1-25-17(21)12-5-3-4-6-15(12)27-16-8-7-11(10-14(16)20(23)24)9-13(19)18(22)26-2/h3-8,10,13H,9,19H2,1-2H3. The van der Waals surface area contributed by atoms with Crippen molar-refractivity contribution in [3.05, 3.63) is 63.7 Å². The molecule has 1 atom stereocenters. The highest BCUT2D eigenvalue weighted by atomic mass is 16.6. The fourth-order valence-corrected chi connectivity index (χ4v) is 2.36. The third-order valence-electron chi connectivity index (χ3n) is 3.69. The minimum Gasteiger partial charge on any atom is -0.468 e. The lowest BCUT2D eigenvalue weighted by atomic mass is 10.1. The molecule has 27 heavy (non-hydrogen) atoms. The molecule has 0 bridgehead atoms. The number of nitrogens with zero attached hydrogens (tertiary/aromatic N) is 1. The number of rotatable bonds is 7. The Kier molecular flexibility index (Phi) is 6.45. The number of nitro groups is 1. The van der Waals surface area contributed by atoms with Crippen LogP contribution in [0.2, 0.25) is 0 Å². The van der Waals surface area contributed by atoms with Gasteiger partial charge in [0.05, 0.1) is 19.1 Å². The molecule has 9 nitrogen and oxygen atoms in total. The molecular formula is C18H18N2O7. The number of nitro benzene ring substituents is 1. The zero-order valence-electron chi connectivity index (χ0n) is 14.7. The quantitative estimate of drug-likeness (QED) is 0.443. The van der Waals surface area contributed by atoms with Gasteiger partial charge in [-0.15, -0.1) is 0 Å². The third-order valence-corrected chi connectivity index (χ3v) is 3.69. The van der Waals surface area contributed by atoms with Crippen LogP contribution in [0.1, 0.15) is 15.9 Å². The number of hydrogen-bond acceptors (Lipinski definition) is 8. The van der Waals surface area contributed by atoms with Crippen LogP contribution in [-0.4, -0.2) is 37.1 Å². The van der Waals surface area contributed by atoms with Gasteiger partial charge < -0.3 is 19.9 Å². The minimum absolute atomic E-state index is 0.0620. The van der Waals surface area contributed by atoms with Crippen LogP contribution in [0.25, 0.3) is 0 Å². The van der Waals surface area contributed by atoms with Gasteiger partial charge >= 0.3 is 17.6 Å². The molecule has 2 aromatic carbocycles. The molecule has 0 aromatic heterocycles. The molecule has 0 saturated carbocycles. The van der Waals surface area contributed by atoms with Crippen LogP contribution in [-0.2, 0) is 20.7 Å². The van der Waals surface area contributed by atoms with E-state index in [2.05, 4.69) is 9.47 Å². The van der Waals surface area contributed by atoms with Gasteiger partial charge in [0.25, 0.3) is 0 Å². The Morgan fingerprint density at radius 3 is 2.44 bits per heavy atom. The van der Waals surface area contributed by atoms with Crippen molar-refractivity contribution in [3.8, 4) is 11.5 Å². The number of benzene rings is 2. The van der Waals surface area contributed by atoms with Crippen LogP contribution in [0.15, 0.2) is 42.5 Å². The summed E-state index contributed by atoms with van der Waals surface area (Å²) in [6, 6.07) is 9.47. The van der Waals surface area contributed by atoms with E-state index in [0.29, 0.717) is 5.56 Å². The number of para-hydroxylation sites is 1. The van der Waals surface area contributed by atoms with Crippen LogP contribution in [0.5, 0.6) is 11.5 Å². The molecular weight excluding hydrogens is 356 g/mol. The van der Waals surface area contributed by atoms with E-state index < -0.39 is 22.9 Å². The molecule has 2 rings (SSSR count). The second kappa shape index (κ2) is 8.77. The van der Waals surface area contributed by atoms with Gasteiger partial charge in [0.15, 0.2) is 0 Å². The van der Waals surface area contributed by atoms with Crippen molar-refractivity contribution in [3.63, 3.8) is 0 Å². The van der Waals surface area contributed by atoms with Crippen molar-refractivity contribution < 1.29 is 28.7 Å². The highest BCUT2D eigenvalue weighted by molar-refractivity contribution is 5.92. The fraction of sp³-hybridized carbons (Fsp3) is 0.222. The smallest absolute Gasteiger partial charge is 0.341 e. The number of nitrogens with two attached hydrogens (primary N) is 1. The molecule has 0 aliphatic heterocycles. The summed E-state index contributed by atoms with van der Waals surface area (Å²) in [7, 11) is 2.43. The molecule has 0 fully saturated rings. The fourth-order valence-electron chi connectivity index (χ4n) is 2.36. The van der Waals surface area contributed by atoms with Gasteiger partial charge in [-0.2, -0.15) is 0 Å². The van der Waals surface area contributed by atoms with Crippen molar-refractivity contribution in [1.29, 1.82) is 0 Å². The molecule has 0 radical (unpaired) electrons. The number of methoxy groups -OCH3 is 2. The summed E-state index contributed by atoms with van der Waals surface area (Å²) < 4.78 is 14.8. The van der Waals surface area contributed by atoms with Crippen LogP contribution in [0.3, 0.4) is 0 Å². The number of carbonyl (C=O) groups excluding carboxylic acids is 2. The zero-order chi connectivity index (χ0) is 20.0. The van der Waals surface area contributed by atoms with E-state index in [1.54, 1.807) is 18.2 Å². The monoisotopic (exact) mass is 374 g/mol. The van der Waals surface area contributed by atoms with Crippen molar-refractivity contribution in [2.24, 2.45) is 5.73 Å². The summed E-state index contributed by atoms with van der Waals surface area (Å²) in [5.74, 6) is -1.20. The minimum atomic E-state index is -0.943. The second-order valence-corrected chi connectivity index (χ2v) is 5.48. The molecule has 0 aliphatic rings. The Bertz CT molecular complexity index is 867. The predicted octanol–water partition coefficient (Wildman–Crippen LogP) is 2.22. The molecule has 0 saturated heterocycles. The number of carbonyl (C=O) groups is 2. The first kappa shape index (κ1) is 19.9. The third kappa shape index (κ3) is 4.79. The van der Waals surface area contributed by atoms with E-state index in [1.165, 1.54) is 38.5 Å².